The Morgan fingerprint density at radius 2 is 1.92 bits per heavy atom. The molecule has 0 bridgehead atoms. The Hall–Kier alpha value is -0.810. The molecule has 0 spiro atoms. The summed E-state index contributed by atoms with van der Waals surface area (Å²) < 4.78 is 0. The van der Waals surface area contributed by atoms with Crippen LogP contribution < -0.4 is 5.32 Å². The third-order valence-electron chi connectivity index (χ3n) is 4.86. The molecule has 4 nitrogen and oxygen atoms in total. The molecule has 6 heteroatoms. The van der Waals surface area contributed by atoms with Crippen molar-refractivity contribution in [1.29, 1.82) is 0 Å². The van der Waals surface area contributed by atoms with Gasteiger partial charge < -0.3 is 10.2 Å². The first kappa shape index (κ1) is 21.2. The van der Waals surface area contributed by atoms with Crippen LogP contribution in [0, 0.1) is 0 Å². The van der Waals surface area contributed by atoms with Crippen LogP contribution in [-0.2, 0) is 6.54 Å². The molecule has 0 aliphatic carbocycles. The minimum Gasteiger partial charge on any atom is -0.334 e. The lowest BCUT2D eigenvalue weighted by Gasteiger charge is -2.25. The molecule has 0 aromatic heterocycles. The summed E-state index contributed by atoms with van der Waals surface area (Å²) in [6, 6.07) is 8.58. The molecule has 3 rings (SSSR count). The van der Waals surface area contributed by atoms with Gasteiger partial charge in [-0.15, -0.1) is 24.8 Å². The van der Waals surface area contributed by atoms with E-state index < -0.39 is 0 Å². The molecule has 2 heterocycles. The molecular formula is C18H29Cl2N3O. The molecule has 136 valence electrons. The summed E-state index contributed by atoms with van der Waals surface area (Å²) in [7, 11) is 1.96. The van der Waals surface area contributed by atoms with E-state index in [4.69, 9.17) is 0 Å². The van der Waals surface area contributed by atoms with Gasteiger partial charge in [0.25, 0.3) is 5.91 Å². The number of halogens is 2. The van der Waals surface area contributed by atoms with Crippen LogP contribution in [0.1, 0.15) is 41.6 Å². The number of likely N-dealkylation sites (N-methyl/N-ethyl adjacent to an activating group) is 1. The average Bonchev–Trinajstić information content (AvgIpc) is 3.19. The van der Waals surface area contributed by atoms with Crippen LogP contribution in [0.5, 0.6) is 0 Å². The first-order valence-electron chi connectivity index (χ1n) is 8.55. The fraction of sp³-hybridized carbons (Fsp3) is 0.611. The first-order valence-corrected chi connectivity index (χ1v) is 8.55. The summed E-state index contributed by atoms with van der Waals surface area (Å²) in [6.45, 7) is 5.13. The van der Waals surface area contributed by atoms with Crippen molar-refractivity contribution in [2.45, 2.75) is 38.3 Å². The van der Waals surface area contributed by atoms with Crippen molar-refractivity contribution in [3.8, 4) is 0 Å². The number of amides is 1. The van der Waals surface area contributed by atoms with E-state index in [0.29, 0.717) is 6.04 Å². The van der Waals surface area contributed by atoms with Gasteiger partial charge >= 0.3 is 0 Å². The van der Waals surface area contributed by atoms with Crippen molar-refractivity contribution in [2.24, 2.45) is 0 Å². The maximum Gasteiger partial charge on any atom is 0.254 e. The summed E-state index contributed by atoms with van der Waals surface area (Å²) in [4.78, 5) is 17.3. The van der Waals surface area contributed by atoms with Gasteiger partial charge in [0.2, 0.25) is 0 Å². The number of nitrogens with one attached hydrogen (secondary N) is 1. The van der Waals surface area contributed by atoms with Gasteiger partial charge in [-0.2, -0.15) is 0 Å². The van der Waals surface area contributed by atoms with Crippen LogP contribution in [0.3, 0.4) is 0 Å². The van der Waals surface area contributed by atoms with Gasteiger partial charge in [-0.05, 0) is 63.5 Å². The van der Waals surface area contributed by atoms with Gasteiger partial charge in [0.05, 0.1) is 0 Å². The lowest BCUT2D eigenvalue weighted by molar-refractivity contribution is 0.0737. The highest BCUT2D eigenvalue weighted by Crippen LogP contribution is 2.21. The van der Waals surface area contributed by atoms with Crippen molar-refractivity contribution < 1.29 is 4.79 Å². The number of likely N-dealkylation sites (tertiary alicyclic amines) is 2. The standard InChI is InChI=1S/C18H27N3O.2ClH/c1-19-13-17-8-5-11-21(17)18(22)16-7-4-6-15(12-16)14-20-9-2-3-10-20;;/h4,6-7,12,17,19H,2-3,5,8-11,13-14H2,1H3;2*1H. The zero-order chi connectivity index (χ0) is 15.4. The summed E-state index contributed by atoms with van der Waals surface area (Å²) >= 11 is 0. The molecule has 1 unspecified atom stereocenters. The van der Waals surface area contributed by atoms with Crippen LogP contribution >= 0.6 is 24.8 Å². The second-order valence-electron chi connectivity index (χ2n) is 6.54. The number of hydrogen-bond acceptors (Lipinski definition) is 3. The van der Waals surface area contributed by atoms with Gasteiger partial charge in [0.1, 0.15) is 0 Å². The third-order valence-corrected chi connectivity index (χ3v) is 4.86. The molecule has 0 radical (unpaired) electrons. The molecule has 1 atom stereocenters. The zero-order valence-corrected chi connectivity index (χ0v) is 16.0. The Labute approximate surface area is 157 Å². The molecule has 1 N–H and O–H groups in total. The van der Waals surface area contributed by atoms with E-state index in [-0.39, 0.29) is 30.7 Å². The number of benzene rings is 1. The fourth-order valence-electron chi connectivity index (χ4n) is 3.72. The second kappa shape index (κ2) is 10.2. The molecule has 2 saturated heterocycles. The van der Waals surface area contributed by atoms with E-state index in [1.54, 1.807) is 0 Å². The van der Waals surface area contributed by atoms with Crippen LogP contribution in [-0.4, -0.2) is 55.0 Å². The number of hydrogen-bond donors (Lipinski definition) is 1. The molecule has 0 saturated carbocycles. The van der Waals surface area contributed by atoms with E-state index in [0.717, 1.165) is 38.0 Å². The smallest absolute Gasteiger partial charge is 0.254 e. The van der Waals surface area contributed by atoms with E-state index in [9.17, 15) is 4.79 Å². The fourth-order valence-corrected chi connectivity index (χ4v) is 3.72. The number of carbonyl (C=O) groups excluding carboxylic acids is 1. The number of rotatable bonds is 5. The van der Waals surface area contributed by atoms with Crippen molar-refractivity contribution in [1.82, 2.24) is 15.1 Å². The van der Waals surface area contributed by atoms with Gasteiger partial charge in [0.15, 0.2) is 0 Å². The van der Waals surface area contributed by atoms with Crippen molar-refractivity contribution in [3.63, 3.8) is 0 Å². The largest absolute Gasteiger partial charge is 0.334 e. The Balaban J connectivity index is 0.00000144. The summed E-state index contributed by atoms with van der Waals surface area (Å²) in [5.74, 6) is 0.195. The summed E-state index contributed by atoms with van der Waals surface area (Å²) in [6.07, 6.45) is 4.84. The highest BCUT2D eigenvalue weighted by atomic mass is 35.5. The Kier molecular flexibility index (Phi) is 9.06. The highest BCUT2D eigenvalue weighted by Gasteiger charge is 2.28. The molecule has 2 fully saturated rings. The van der Waals surface area contributed by atoms with Gasteiger partial charge in [-0.25, -0.2) is 0 Å². The molecule has 2 aliphatic heterocycles. The Bertz CT molecular complexity index is 521. The normalized spacial score (nSPS) is 20.5. The molecule has 2 aliphatic rings. The Morgan fingerprint density at radius 1 is 1.17 bits per heavy atom. The third kappa shape index (κ3) is 5.09. The summed E-state index contributed by atoms with van der Waals surface area (Å²) in [5.41, 5.74) is 2.11. The Morgan fingerprint density at radius 3 is 2.62 bits per heavy atom. The van der Waals surface area contributed by atoms with Gasteiger partial charge in [0, 0.05) is 31.2 Å². The summed E-state index contributed by atoms with van der Waals surface area (Å²) in [5, 5.41) is 3.21. The van der Waals surface area contributed by atoms with Crippen LogP contribution in [0.15, 0.2) is 24.3 Å². The van der Waals surface area contributed by atoms with Crippen molar-refractivity contribution in [2.75, 3.05) is 33.2 Å². The van der Waals surface area contributed by atoms with Gasteiger partial charge in [-0.3, -0.25) is 9.69 Å². The van der Waals surface area contributed by atoms with Gasteiger partial charge in [-0.1, -0.05) is 12.1 Å². The minimum atomic E-state index is 0. The molecule has 1 aromatic rings. The molecular weight excluding hydrogens is 345 g/mol. The van der Waals surface area contributed by atoms with E-state index in [2.05, 4.69) is 22.3 Å². The zero-order valence-electron chi connectivity index (χ0n) is 14.4. The van der Waals surface area contributed by atoms with E-state index in [1.165, 1.54) is 31.5 Å². The van der Waals surface area contributed by atoms with Crippen molar-refractivity contribution >= 4 is 30.7 Å². The number of nitrogens with zero attached hydrogens (tertiary/aromatic N) is 2. The van der Waals surface area contributed by atoms with E-state index in [1.807, 2.05) is 24.1 Å². The predicted octanol–water partition coefficient (Wildman–Crippen LogP) is 2.95. The monoisotopic (exact) mass is 373 g/mol. The second-order valence-corrected chi connectivity index (χ2v) is 6.54. The lowest BCUT2D eigenvalue weighted by Crippen LogP contribution is -2.40. The molecule has 1 aromatic carbocycles. The SMILES string of the molecule is CNCC1CCCN1C(=O)c1cccc(CN2CCCC2)c1.Cl.Cl. The van der Waals surface area contributed by atoms with Crippen LogP contribution in [0.25, 0.3) is 0 Å². The minimum absolute atomic E-state index is 0. The predicted molar refractivity (Wildman–Crippen MR) is 103 cm³/mol. The maximum absolute atomic E-state index is 12.8. The topological polar surface area (TPSA) is 35.6 Å². The van der Waals surface area contributed by atoms with E-state index >= 15 is 0 Å². The first-order chi connectivity index (χ1) is 10.8. The lowest BCUT2D eigenvalue weighted by atomic mass is 10.1. The van der Waals surface area contributed by atoms with Crippen molar-refractivity contribution in [3.05, 3.63) is 35.4 Å². The highest BCUT2D eigenvalue weighted by molar-refractivity contribution is 5.94. The molecule has 1 amide bonds. The maximum atomic E-state index is 12.8. The van der Waals surface area contributed by atoms with Crippen LogP contribution in [0.4, 0.5) is 0 Å². The quantitative estimate of drug-likeness (QED) is 0.861. The molecule has 24 heavy (non-hydrogen) atoms. The average molecular weight is 374 g/mol. The number of carbonyl (C=O) groups is 1. The van der Waals surface area contributed by atoms with Crippen LogP contribution in [0.2, 0.25) is 0 Å².